The van der Waals surface area contributed by atoms with Gasteiger partial charge in [0.15, 0.2) is 5.82 Å². The van der Waals surface area contributed by atoms with Crippen LogP contribution in [-0.2, 0) is 0 Å². The molecule has 0 atom stereocenters. The summed E-state index contributed by atoms with van der Waals surface area (Å²) in [7, 11) is 0. The van der Waals surface area contributed by atoms with Crippen LogP contribution in [0, 0.1) is 11.6 Å². The number of azide groups is 1. The van der Waals surface area contributed by atoms with E-state index in [4.69, 9.17) is 28.7 Å². The Morgan fingerprint density at radius 2 is 1.92 bits per heavy atom. The van der Waals surface area contributed by atoms with Gasteiger partial charge in [0, 0.05) is 4.91 Å². The van der Waals surface area contributed by atoms with Crippen LogP contribution in [0.25, 0.3) is 10.4 Å². The second kappa shape index (κ2) is 3.79. The summed E-state index contributed by atoms with van der Waals surface area (Å²) >= 11 is 10.5. The van der Waals surface area contributed by atoms with Gasteiger partial charge in [-0.1, -0.05) is 28.3 Å². The lowest BCUT2D eigenvalue weighted by molar-refractivity contribution is 0.585. The molecule has 68 valence electrons. The molecule has 0 aliphatic rings. The minimum absolute atomic E-state index is 0.330. The molecule has 0 bridgehead atoms. The lowest BCUT2D eigenvalue weighted by Gasteiger charge is -2.01. The SMILES string of the molecule is [N-]=[N+]=Nc1cc(F)c(Cl)c(F)c1Cl. The first-order valence-corrected chi connectivity index (χ1v) is 3.71. The van der Waals surface area contributed by atoms with Gasteiger partial charge in [0.2, 0.25) is 0 Å². The predicted octanol–water partition coefficient (Wildman–Crippen LogP) is 4.21. The number of halogens is 4. The van der Waals surface area contributed by atoms with E-state index in [1.54, 1.807) is 0 Å². The van der Waals surface area contributed by atoms with Gasteiger partial charge in [-0.25, -0.2) is 8.78 Å². The molecule has 0 saturated carbocycles. The molecule has 7 heteroatoms. The molecule has 0 saturated heterocycles. The highest BCUT2D eigenvalue weighted by molar-refractivity contribution is 6.36. The van der Waals surface area contributed by atoms with E-state index in [0.717, 1.165) is 6.07 Å². The molecule has 1 aromatic carbocycles. The van der Waals surface area contributed by atoms with Gasteiger partial charge in [-0.2, -0.15) is 0 Å². The summed E-state index contributed by atoms with van der Waals surface area (Å²) in [5, 5.41) is 1.76. The van der Waals surface area contributed by atoms with Crippen molar-refractivity contribution < 1.29 is 8.78 Å². The maximum atomic E-state index is 12.9. The van der Waals surface area contributed by atoms with Crippen LogP contribution in [0.3, 0.4) is 0 Å². The number of hydrogen-bond donors (Lipinski definition) is 0. The van der Waals surface area contributed by atoms with Gasteiger partial charge in [0.05, 0.1) is 10.7 Å². The van der Waals surface area contributed by atoms with Crippen LogP contribution in [0.2, 0.25) is 10.0 Å². The minimum atomic E-state index is -1.13. The van der Waals surface area contributed by atoms with Crippen LogP contribution in [0.15, 0.2) is 11.2 Å². The largest absolute Gasteiger partial charge is 0.205 e. The van der Waals surface area contributed by atoms with Crippen LogP contribution < -0.4 is 0 Å². The summed E-state index contributed by atoms with van der Waals surface area (Å²) in [4.78, 5) is 2.34. The van der Waals surface area contributed by atoms with E-state index >= 15 is 0 Å². The average Bonchev–Trinajstić information content (AvgIpc) is 2.11. The number of hydrogen-bond acceptors (Lipinski definition) is 1. The van der Waals surface area contributed by atoms with Crippen LogP contribution >= 0.6 is 23.2 Å². The zero-order valence-electron chi connectivity index (χ0n) is 5.93. The normalized spacial score (nSPS) is 9.54. The molecule has 0 aliphatic carbocycles. The van der Waals surface area contributed by atoms with Crippen LogP contribution in [0.1, 0.15) is 0 Å². The molecule has 3 nitrogen and oxygen atoms in total. The molecule has 0 radical (unpaired) electrons. The first-order chi connectivity index (χ1) is 6.07. The molecule has 0 amide bonds. The quantitative estimate of drug-likeness (QED) is 0.225. The predicted molar refractivity (Wildman–Crippen MR) is 45.2 cm³/mol. The average molecular weight is 224 g/mol. The fourth-order valence-electron chi connectivity index (χ4n) is 0.681. The number of nitrogens with zero attached hydrogens (tertiary/aromatic N) is 3. The van der Waals surface area contributed by atoms with Gasteiger partial charge in [-0.15, -0.1) is 0 Å². The summed E-state index contributed by atoms with van der Waals surface area (Å²) in [5.74, 6) is -2.16. The molecule has 0 spiro atoms. The molecule has 1 rings (SSSR count). The van der Waals surface area contributed by atoms with Crippen molar-refractivity contribution in [1.29, 1.82) is 0 Å². The fourth-order valence-corrected chi connectivity index (χ4v) is 1.07. The highest BCUT2D eigenvalue weighted by atomic mass is 35.5. The smallest absolute Gasteiger partial charge is 0.163 e. The van der Waals surface area contributed by atoms with Crippen LogP contribution in [0.5, 0.6) is 0 Å². The maximum Gasteiger partial charge on any atom is 0.163 e. The van der Waals surface area contributed by atoms with Crippen molar-refractivity contribution in [2.45, 2.75) is 0 Å². The van der Waals surface area contributed by atoms with Crippen molar-refractivity contribution in [3.63, 3.8) is 0 Å². The maximum absolute atomic E-state index is 12.9. The molecular formula is C6HCl2F2N3. The van der Waals surface area contributed by atoms with E-state index in [0.29, 0.717) is 0 Å². The molecule has 0 fully saturated rings. The van der Waals surface area contributed by atoms with E-state index in [1.165, 1.54) is 0 Å². The van der Waals surface area contributed by atoms with Gasteiger partial charge in [-0.05, 0) is 11.6 Å². The second-order valence-corrected chi connectivity index (χ2v) is 2.76. The minimum Gasteiger partial charge on any atom is -0.205 e. The Kier molecular flexibility index (Phi) is 2.93. The Balaban J connectivity index is 3.49. The molecule has 0 unspecified atom stereocenters. The van der Waals surface area contributed by atoms with Crippen molar-refractivity contribution >= 4 is 28.9 Å². The number of benzene rings is 1. The lowest BCUT2D eigenvalue weighted by atomic mass is 10.3. The fraction of sp³-hybridized carbons (Fsp3) is 0. The zero-order chi connectivity index (χ0) is 10.0. The summed E-state index contributed by atoms with van der Waals surface area (Å²) in [5.41, 5.74) is 7.69. The van der Waals surface area contributed by atoms with Crippen molar-refractivity contribution in [3.05, 3.63) is 38.2 Å². The van der Waals surface area contributed by atoms with Crippen LogP contribution in [0.4, 0.5) is 14.5 Å². The molecular weight excluding hydrogens is 223 g/mol. The topological polar surface area (TPSA) is 48.8 Å². The Morgan fingerprint density at radius 1 is 1.31 bits per heavy atom. The summed E-state index contributed by atoms with van der Waals surface area (Å²) in [6.45, 7) is 0. The van der Waals surface area contributed by atoms with E-state index in [-0.39, 0.29) is 5.69 Å². The molecule has 0 aromatic heterocycles. The number of rotatable bonds is 1. The summed E-state index contributed by atoms with van der Waals surface area (Å²) < 4.78 is 25.6. The van der Waals surface area contributed by atoms with Crippen molar-refractivity contribution in [2.24, 2.45) is 5.11 Å². The Morgan fingerprint density at radius 3 is 2.46 bits per heavy atom. The van der Waals surface area contributed by atoms with E-state index in [9.17, 15) is 8.78 Å². The molecule has 13 heavy (non-hydrogen) atoms. The summed E-state index contributed by atoms with van der Waals surface area (Å²) in [6, 6.07) is 0.757. The van der Waals surface area contributed by atoms with E-state index in [2.05, 4.69) is 10.0 Å². The Bertz CT molecular complexity index is 401. The second-order valence-electron chi connectivity index (χ2n) is 2.01. The lowest BCUT2D eigenvalue weighted by Crippen LogP contribution is -1.85. The molecule has 0 aliphatic heterocycles. The Hall–Kier alpha value is -1.03. The van der Waals surface area contributed by atoms with Crippen molar-refractivity contribution in [1.82, 2.24) is 0 Å². The summed E-state index contributed by atoms with van der Waals surface area (Å²) in [6.07, 6.45) is 0. The first kappa shape index (κ1) is 10.1. The third kappa shape index (κ3) is 1.83. The van der Waals surface area contributed by atoms with Crippen LogP contribution in [-0.4, -0.2) is 0 Å². The van der Waals surface area contributed by atoms with E-state index in [1.807, 2.05) is 0 Å². The van der Waals surface area contributed by atoms with Gasteiger partial charge in [0.1, 0.15) is 10.8 Å². The Labute approximate surface area is 81.5 Å². The highest BCUT2D eigenvalue weighted by Gasteiger charge is 2.14. The standard InChI is InChI=1S/C6HCl2F2N3/c7-4-2(9)1-3(12-13-11)5(8)6(4)10/h1H. The first-order valence-electron chi connectivity index (χ1n) is 2.96. The highest BCUT2D eigenvalue weighted by Crippen LogP contribution is 2.34. The third-order valence-corrected chi connectivity index (χ3v) is 1.94. The molecule has 0 heterocycles. The third-order valence-electron chi connectivity index (χ3n) is 1.24. The van der Waals surface area contributed by atoms with Gasteiger partial charge >= 0.3 is 0 Å². The van der Waals surface area contributed by atoms with E-state index < -0.39 is 21.7 Å². The van der Waals surface area contributed by atoms with Gasteiger partial charge in [-0.3, -0.25) is 0 Å². The molecule has 0 N–H and O–H groups in total. The zero-order valence-corrected chi connectivity index (χ0v) is 7.44. The van der Waals surface area contributed by atoms with Gasteiger partial charge in [0.25, 0.3) is 0 Å². The molecule has 1 aromatic rings. The van der Waals surface area contributed by atoms with Gasteiger partial charge < -0.3 is 0 Å². The van der Waals surface area contributed by atoms with Crippen molar-refractivity contribution in [2.75, 3.05) is 0 Å². The van der Waals surface area contributed by atoms with Crippen molar-refractivity contribution in [3.8, 4) is 0 Å². The monoisotopic (exact) mass is 223 g/mol.